The van der Waals surface area contributed by atoms with Crippen molar-refractivity contribution in [2.75, 3.05) is 0 Å². The third-order valence-corrected chi connectivity index (χ3v) is 3.65. The molecule has 0 aromatic heterocycles. The summed E-state index contributed by atoms with van der Waals surface area (Å²) in [5.41, 5.74) is 0. The van der Waals surface area contributed by atoms with Gasteiger partial charge in [0.25, 0.3) is 0 Å². The molecular formula is C11H18O2. The summed E-state index contributed by atoms with van der Waals surface area (Å²) in [4.78, 5) is 11.6. The Morgan fingerprint density at radius 3 is 2.54 bits per heavy atom. The van der Waals surface area contributed by atoms with Crippen molar-refractivity contribution >= 4 is 5.78 Å². The monoisotopic (exact) mass is 182 g/mol. The van der Waals surface area contributed by atoms with Crippen LogP contribution in [0.2, 0.25) is 0 Å². The highest BCUT2D eigenvalue weighted by Gasteiger charge is 2.36. The summed E-state index contributed by atoms with van der Waals surface area (Å²) in [6.45, 7) is 0. The minimum absolute atomic E-state index is 0.188. The van der Waals surface area contributed by atoms with Crippen LogP contribution in [0.3, 0.4) is 0 Å². The van der Waals surface area contributed by atoms with Gasteiger partial charge in [0.2, 0.25) is 0 Å². The maximum Gasteiger partial charge on any atom is 0.136 e. The first kappa shape index (κ1) is 9.20. The number of ketones is 1. The van der Waals surface area contributed by atoms with Gasteiger partial charge in [-0.15, -0.1) is 0 Å². The molecule has 3 atom stereocenters. The molecule has 2 aliphatic rings. The van der Waals surface area contributed by atoms with Gasteiger partial charge in [-0.2, -0.15) is 0 Å². The molecule has 1 N–H and O–H groups in total. The number of rotatable bonds is 1. The number of aliphatic hydroxyl groups excluding tert-OH is 1. The van der Waals surface area contributed by atoms with Gasteiger partial charge < -0.3 is 5.11 Å². The van der Waals surface area contributed by atoms with Gasteiger partial charge in [-0.3, -0.25) is 4.79 Å². The van der Waals surface area contributed by atoms with E-state index in [0.717, 1.165) is 38.5 Å². The zero-order chi connectivity index (χ0) is 9.26. The lowest BCUT2D eigenvalue weighted by atomic mass is 9.77. The van der Waals surface area contributed by atoms with E-state index in [2.05, 4.69) is 0 Å². The second kappa shape index (κ2) is 3.79. The van der Waals surface area contributed by atoms with Crippen molar-refractivity contribution in [2.24, 2.45) is 11.8 Å². The van der Waals surface area contributed by atoms with Gasteiger partial charge in [0.1, 0.15) is 5.78 Å². The summed E-state index contributed by atoms with van der Waals surface area (Å²) >= 11 is 0. The molecule has 2 rings (SSSR count). The van der Waals surface area contributed by atoms with Crippen molar-refractivity contribution in [2.45, 2.75) is 51.0 Å². The lowest BCUT2D eigenvalue weighted by Gasteiger charge is -2.28. The molecule has 0 radical (unpaired) electrons. The predicted octanol–water partition coefficient (Wildman–Crippen LogP) is 1.91. The fourth-order valence-electron chi connectivity index (χ4n) is 2.90. The Balaban J connectivity index is 2.01. The van der Waals surface area contributed by atoms with Gasteiger partial charge in [-0.1, -0.05) is 12.8 Å². The van der Waals surface area contributed by atoms with Crippen LogP contribution in [0.1, 0.15) is 44.9 Å². The maximum absolute atomic E-state index is 11.6. The first-order valence-electron chi connectivity index (χ1n) is 5.50. The molecule has 0 aliphatic heterocycles. The Hall–Kier alpha value is -0.370. The van der Waals surface area contributed by atoms with Gasteiger partial charge in [0, 0.05) is 12.3 Å². The van der Waals surface area contributed by atoms with Crippen LogP contribution < -0.4 is 0 Å². The average molecular weight is 182 g/mol. The van der Waals surface area contributed by atoms with Gasteiger partial charge >= 0.3 is 0 Å². The quantitative estimate of drug-likeness (QED) is 0.672. The largest absolute Gasteiger partial charge is 0.393 e. The second-order valence-corrected chi connectivity index (χ2v) is 4.48. The van der Waals surface area contributed by atoms with Crippen molar-refractivity contribution < 1.29 is 9.90 Å². The fourth-order valence-corrected chi connectivity index (χ4v) is 2.90. The molecule has 0 heterocycles. The molecule has 0 saturated heterocycles. The lowest BCUT2D eigenvalue weighted by molar-refractivity contribution is -0.127. The first-order chi connectivity index (χ1) is 6.29. The van der Waals surface area contributed by atoms with Gasteiger partial charge in [0.05, 0.1) is 6.10 Å². The Bertz CT molecular complexity index is 200. The van der Waals surface area contributed by atoms with Crippen LogP contribution in [-0.4, -0.2) is 17.0 Å². The number of hydrogen-bond acceptors (Lipinski definition) is 2. The number of carbonyl (C=O) groups is 1. The molecule has 2 aliphatic carbocycles. The van der Waals surface area contributed by atoms with Crippen LogP contribution in [0.5, 0.6) is 0 Å². The molecule has 0 unspecified atom stereocenters. The van der Waals surface area contributed by atoms with E-state index in [1.165, 1.54) is 6.42 Å². The summed E-state index contributed by atoms with van der Waals surface area (Å²) in [5.74, 6) is 0.913. The highest BCUT2D eigenvalue weighted by Crippen LogP contribution is 2.37. The van der Waals surface area contributed by atoms with E-state index in [9.17, 15) is 9.90 Å². The highest BCUT2D eigenvalue weighted by molar-refractivity contribution is 5.82. The lowest BCUT2D eigenvalue weighted by Crippen LogP contribution is -2.31. The van der Waals surface area contributed by atoms with Crippen LogP contribution in [0.15, 0.2) is 0 Å². The molecule has 74 valence electrons. The van der Waals surface area contributed by atoms with Crippen molar-refractivity contribution in [3.05, 3.63) is 0 Å². The third-order valence-electron chi connectivity index (χ3n) is 3.65. The van der Waals surface area contributed by atoms with E-state index in [4.69, 9.17) is 0 Å². The van der Waals surface area contributed by atoms with Crippen LogP contribution >= 0.6 is 0 Å². The molecule has 2 heteroatoms. The number of Topliss-reactive ketones (excluding diaryl/α,β-unsaturated/α-hetero) is 1. The topological polar surface area (TPSA) is 37.3 Å². The molecule has 2 fully saturated rings. The van der Waals surface area contributed by atoms with Crippen LogP contribution in [0, 0.1) is 11.8 Å². The molecule has 0 aromatic rings. The standard InChI is InChI=1S/C11H18O2/c12-10-6-2-1-4-8(10)9-5-3-7-11(9)13/h8-9,11,13H,1-7H2/t8-,9+,11-/m1/s1. The molecule has 0 bridgehead atoms. The normalized spacial score (nSPS) is 41.0. The number of hydrogen-bond donors (Lipinski definition) is 1. The zero-order valence-electron chi connectivity index (χ0n) is 8.04. The fraction of sp³-hybridized carbons (Fsp3) is 0.909. The van der Waals surface area contributed by atoms with Crippen molar-refractivity contribution in [3.8, 4) is 0 Å². The molecule has 2 saturated carbocycles. The van der Waals surface area contributed by atoms with E-state index in [1.807, 2.05) is 0 Å². The van der Waals surface area contributed by atoms with E-state index >= 15 is 0 Å². The SMILES string of the molecule is O=C1CCCC[C@@H]1[C@@H]1CCC[C@H]1O. The first-order valence-corrected chi connectivity index (χ1v) is 5.50. The molecule has 2 nitrogen and oxygen atoms in total. The van der Waals surface area contributed by atoms with Crippen LogP contribution in [0.4, 0.5) is 0 Å². The molecule has 0 amide bonds. The Labute approximate surface area is 79.3 Å². The molecule has 0 aromatic carbocycles. The van der Waals surface area contributed by atoms with Crippen LogP contribution in [0.25, 0.3) is 0 Å². The number of aliphatic hydroxyl groups is 1. The summed E-state index contributed by atoms with van der Waals surface area (Å²) in [5, 5.41) is 9.71. The smallest absolute Gasteiger partial charge is 0.136 e. The van der Waals surface area contributed by atoms with Crippen molar-refractivity contribution in [1.29, 1.82) is 0 Å². The van der Waals surface area contributed by atoms with E-state index in [-0.39, 0.29) is 12.0 Å². The van der Waals surface area contributed by atoms with Gasteiger partial charge in [-0.25, -0.2) is 0 Å². The Kier molecular flexibility index (Phi) is 2.68. The molecular weight excluding hydrogens is 164 g/mol. The minimum atomic E-state index is -0.188. The van der Waals surface area contributed by atoms with Crippen molar-refractivity contribution in [3.63, 3.8) is 0 Å². The minimum Gasteiger partial charge on any atom is -0.393 e. The zero-order valence-corrected chi connectivity index (χ0v) is 8.04. The van der Waals surface area contributed by atoms with Gasteiger partial charge in [-0.05, 0) is 31.6 Å². The summed E-state index contributed by atoms with van der Waals surface area (Å²) in [6, 6.07) is 0. The van der Waals surface area contributed by atoms with E-state index < -0.39 is 0 Å². The number of carbonyl (C=O) groups excluding carboxylic acids is 1. The average Bonchev–Trinajstić information content (AvgIpc) is 2.52. The molecule has 0 spiro atoms. The molecule has 13 heavy (non-hydrogen) atoms. The Morgan fingerprint density at radius 2 is 1.92 bits per heavy atom. The van der Waals surface area contributed by atoms with Gasteiger partial charge in [0.15, 0.2) is 0 Å². The van der Waals surface area contributed by atoms with Crippen LogP contribution in [-0.2, 0) is 4.79 Å². The maximum atomic E-state index is 11.6. The summed E-state index contributed by atoms with van der Waals surface area (Å²) in [7, 11) is 0. The van der Waals surface area contributed by atoms with E-state index in [1.54, 1.807) is 0 Å². The highest BCUT2D eigenvalue weighted by atomic mass is 16.3. The summed E-state index contributed by atoms with van der Waals surface area (Å²) in [6.07, 6.45) is 6.93. The second-order valence-electron chi connectivity index (χ2n) is 4.48. The Morgan fingerprint density at radius 1 is 1.08 bits per heavy atom. The summed E-state index contributed by atoms with van der Waals surface area (Å²) < 4.78 is 0. The predicted molar refractivity (Wildman–Crippen MR) is 50.3 cm³/mol. The van der Waals surface area contributed by atoms with E-state index in [0.29, 0.717) is 11.7 Å². The van der Waals surface area contributed by atoms with Crippen molar-refractivity contribution in [1.82, 2.24) is 0 Å². The third kappa shape index (κ3) is 1.78.